The van der Waals surface area contributed by atoms with Crippen molar-refractivity contribution in [2.24, 2.45) is 4.99 Å². The van der Waals surface area contributed by atoms with E-state index in [-0.39, 0.29) is 0 Å². The number of benzene rings is 1. The van der Waals surface area contributed by atoms with Crippen molar-refractivity contribution in [1.29, 1.82) is 0 Å². The smallest absolute Gasteiger partial charge is 0.197 e. The SMILES string of the molecule is c1ccc(C2CCN(c3cccc(-c4csc(NC5=NCCCN5)n4)n3)C2)cc1. The topological polar surface area (TPSA) is 65.4 Å². The zero-order valence-electron chi connectivity index (χ0n) is 16.2. The van der Waals surface area contributed by atoms with Gasteiger partial charge < -0.3 is 15.5 Å². The molecule has 2 aliphatic heterocycles. The molecule has 1 saturated heterocycles. The molecule has 0 bridgehead atoms. The lowest BCUT2D eigenvalue weighted by Crippen LogP contribution is -2.35. The van der Waals surface area contributed by atoms with Crippen LogP contribution in [0, 0.1) is 0 Å². The third kappa shape index (κ3) is 4.10. The molecule has 1 fully saturated rings. The summed E-state index contributed by atoms with van der Waals surface area (Å²) in [6, 6.07) is 17.0. The predicted molar refractivity (Wildman–Crippen MR) is 120 cm³/mol. The monoisotopic (exact) mass is 404 g/mol. The van der Waals surface area contributed by atoms with E-state index in [2.05, 4.69) is 68.4 Å². The second-order valence-corrected chi connectivity index (χ2v) is 8.25. The second kappa shape index (κ2) is 8.21. The van der Waals surface area contributed by atoms with Gasteiger partial charge in [-0.3, -0.25) is 4.99 Å². The fourth-order valence-corrected chi connectivity index (χ4v) is 4.58. The van der Waals surface area contributed by atoms with E-state index in [1.54, 1.807) is 11.3 Å². The Bertz CT molecular complexity index is 999. The molecule has 2 aromatic heterocycles. The summed E-state index contributed by atoms with van der Waals surface area (Å²) in [7, 11) is 0. The Kier molecular flexibility index (Phi) is 5.13. The normalized spacial score (nSPS) is 19.0. The van der Waals surface area contributed by atoms with Crippen molar-refractivity contribution in [3.63, 3.8) is 0 Å². The summed E-state index contributed by atoms with van der Waals surface area (Å²) in [5.41, 5.74) is 3.23. The maximum atomic E-state index is 4.91. The molecule has 0 saturated carbocycles. The maximum Gasteiger partial charge on any atom is 0.197 e. The van der Waals surface area contributed by atoms with E-state index < -0.39 is 0 Å². The second-order valence-electron chi connectivity index (χ2n) is 7.40. The molecule has 2 N–H and O–H groups in total. The number of nitrogens with zero attached hydrogens (tertiary/aromatic N) is 4. The van der Waals surface area contributed by atoms with Crippen LogP contribution in [-0.4, -0.2) is 42.1 Å². The number of pyridine rings is 1. The molecule has 4 heterocycles. The van der Waals surface area contributed by atoms with Gasteiger partial charge in [0.15, 0.2) is 11.1 Å². The minimum atomic E-state index is 0.570. The van der Waals surface area contributed by atoms with E-state index >= 15 is 0 Å². The highest BCUT2D eigenvalue weighted by atomic mass is 32.1. The zero-order chi connectivity index (χ0) is 19.5. The Balaban J connectivity index is 1.30. The van der Waals surface area contributed by atoms with Gasteiger partial charge in [-0.2, -0.15) is 0 Å². The van der Waals surface area contributed by atoms with Crippen LogP contribution in [0.5, 0.6) is 0 Å². The molecule has 3 aromatic rings. The van der Waals surface area contributed by atoms with Crippen LogP contribution in [0.25, 0.3) is 11.4 Å². The molecule has 7 heteroatoms. The number of rotatable bonds is 4. The van der Waals surface area contributed by atoms with Crippen molar-refractivity contribution < 1.29 is 0 Å². The number of guanidine groups is 1. The van der Waals surface area contributed by atoms with Gasteiger partial charge in [-0.25, -0.2) is 9.97 Å². The van der Waals surface area contributed by atoms with Gasteiger partial charge >= 0.3 is 0 Å². The minimum absolute atomic E-state index is 0.570. The fraction of sp³-hybridized carbons (Fsp3) is 0.318. The van der Waals surface area contributed by atoms with Gasteiger partial charge in [-0.05, 0) is 30.5 Å². The van der Waals surface area contributed by atoms with Crippen molar-refractivity contribution in [2.75, 3.05) is 36.4 Å². The molecule has 0 aliphatic carbocycles. The van der Waals surface area contributed by atoms with Crippen LogP contribution < -0.4 is 15.5 Å². The van der Waals surface area contributed by atoms with Gasteiger partial charge in [0.1, 0.15) is 11.5 Å². The van der Waals surface area contributed by atoms with Gasteiger partial charge in [0.25, 0.3) is 0 Å². The van der Waals surface area contributed by atoms with Gasteiger partial charge in [-0.15, -0.1) is 11.3 Å². The number of nitrogens with one attached hydrogen (secondary N) is 2. The predicted octanol–water partition coefficient (Wildman–Crippen LogP) is 3.96. The van der Waals surface area contributed by atoms with Crippen molar-refractivity contribution in [3.8, 4) is 11.4 Å². The molecule has 2 aliphatic rings. The van der Waals surface area contributed by atoms with Crippen LogP contribution in [0.15, 0.2) is 58.9 Å². The first-order valence-corrected chi connectivity index (χ1v) is 11.0. The number of anilines is 2. The van der Waals surface area contributed by atoms with E-state index in [1.165, 1.54) is 5.56 Å². The van der Waals surface area contributed by atoms with Gasteiger partial charge in [0, 0.05) is 37.5 Å². The Morgan fingerprint density at radius 3 is 2.83 bits per heavy atom. The number of hydrogen-bond donors (Lipinski definition) is 2. The summed E-state index contributed by atoms with van der Waals surface area (Å²) in [4.78, 5) is 16.4. The van der Waals surface area contributed by atoms with Crippen LogP contribution in [0.1, 0.15) is 24.3 Å². The lowest BCUT2D eigenvalue weighted by atomic mass is 9.99. The van der Waals surface area contributed by atoms with Gasteiger partial charge in [0.05, 0.1) is 5.69 Å². The highest BCUT2D eigenvalue weighted by molar-refractivity contribution is 7.14. The Labute approximate surface area is 174 Å². The zero-order valence-corrected chi connectivity index (χ0v) is 17.0. The van der Waals surface area contributed by atoms with E-state index in [4.69, 9.17) is 9.97 Å². The Hall–Kier alpha value is -2.93. The average molecular weight is 405 g/mol. The summed E-state index contributed by atoms with van der Waals surface area (Å²) in [6.45, 7) is 3.85. The fourth-order valence-electron chi connectivity index (χ4n) is 3.87. The van der Waals surface area contributed by atoms with Crippen LogP contribution in [-0.2, 0) is 0 Å². The van der Waals surface area contributed by atoms with Crippen molar-refractivity contribution in [2.45, 2.75) is 18.8 Å². The van der Waals surface area contributed by atoms with E-state index in [0.29, 0.717) is 5.92 Å². The van der Waals surface area contributed by atoms with Gasteiger partial charge in [-0.1, -0.05) is 36.4 Å². The first-order chi connectivity index (χ1) is 14.3. The summed E-state index contributed by atoms with van der Waals surface area (Å²) < 4.78 is 0. The number of aromatic nitrogens is 2. The van der Waals surface area contributed by atoms with Crippen LogP contribution in [0.3, 0.4) is 0 Å². The van der Waals surface area contributed by atoms with Crippen molar-refractivity contribution >= 4 is 28.2 Å². The largest absolute Gasteiger partial charge is 0.356 e. The molecule has 0 radical (unpaired) electrons. The maximum absolute atomic E-state index is 4.91. The molecular weight excluding hydrogens is 380 g/mol. The molecule has 5 rings (SSSR count). The summed E-state index contributed by atoms with van der Waals surface area (Å²) in [6.07, 6.45) is 2.24. The molecule has 29 heavy (non-hydrogen) atoms. The first-order valence-electron chi connectivity index (χ1n) is 10.1. The third-order valence-corrected chi connectivity index (χ3v) is 6.16. The molecule has 148 valence electrons. The first kappa shape index (κ1) is 18.1. The molecule has 6 nitrogen and oxygen atoms in total. The van der Waals surface area contributed by atoms with Crippen LogP contribution >= 0.6 is 11.3 Å². The molecule has 0 spiro atoms. The standard InChI is InChI=1S/C22H24N6S/c1-2-6-16(7-3-1)17-10-13-28(14-17)20-9-4-8-18(25-20)19-15-29-22(26-19)27-21-23-11-5-12-24-21/h1-4,6-9,15,17H,5,10-14H2,(H2,23,24,26,27). The average Bonchev–Trinajstić information content (AvgIpc) is 3.46. The van der Waals surface area contributed by atoms with E-state index in [1.807, 2.05) is 6.07 Å². The lowest BCUT2D eigenvalue weighted by Gasteiger charge is -2.18. The third-order valence-electron chi connectivity index (χ3n) is 5.41. The quantitative estimate of drug-likeness (QED) is 0.689. The number of aliphatic imine (C=N–C) groups is 1. The number of thiazole rings is 1. The minimum Gasteiger partial charge on any atom is -0.356 e. The molecule has 1 atom stereocenters. The lowest BCUT2D eigenvalue weighted by molar-refractivity contribution is 0.740. The van der Waals surface area contributed by atoms with Gasteiger partial charge in [0.2, 0.25) is 0 Å². The molecular formula is C22H24N6S. The molecule has 1 aromatic carbocycles. The molecule has 0 amide bonds. The highest BCUT2D eigenvalue weighted by Gasteiger charge is 2.25. The summed E-state index contributed by atoms with van der Waals surface area (Å²) in [5.74, 6) is 2.41. The molecule has 1 unspecified atom stereocenters. The van der Waals surface area contributed by atoms with E-state index in [9.17, 15) is 0 Å². The summed E-state index contributed by atoms with van der Waals surface area (Å²) in [5, 5.41) is 9.43. The highest BCUT2D eigenvalue weighted by Crippen LogP contribution is 2.31. The van der Waals surface area contributed by atoms with Crippen molar-refractivity contribution in [1.82, 2.24) is 15.3 Å². The number of hydrogen-bond acceptors (Lipinski definition) is 7. The van der Waals surface area contributed by atoms with Crippen molar-refractivity contribution in [3.05, 3.63) is 59.5 Å². The van der Waals surface area contributed by atoms with E-state index in [0.717, 1.165) is 67.3 Å². The van der Waals surface area contributed by atoms with Crippen LogP contribution in [0.2, 0.25) is 0 Å². The Morgan fingerprint density at radius 1 is 1.03 bits per heavy atom. The summed E-state index contributed by atoms with van der Waals surface area (Å²) >= 11 is 1.58. The van der Waals surface area contributed by atoms with Crippen LogP contribution in [0.4, 0.5) is 10.9 Å². The Morgan fingerprint density at radius 2 is 1.97 bits per heavy atom.